The number of phenolic OH excluding ortho intramolecular Hbond substituents is 1. The number of esters is 1. The Labute approximate surface area is 276 Å². The standard InChI is InChI=1S/C36H34N4O8/c1-16-10-19-11-23-25(13-37)40-24(29(38(23)4)27(19)30(42)31(16)45-5)12-22-28(34-33(46-15-47-34)17(2)32(22)48-18(3)41)26(40)14-39-35(43)20-8-6-7-9-21(20)36(39)44/h6-10,23-26,29,42H,11-12,14-15H2,1-5H3/t23-,24?,25?,26?,29-/m0/s1. The fraction of sp³-hybridized carbons (Fsp3) is 0.389. The minimum absolute atomic E-state index is 0.0444. The molecule has 5 atom stereocenters. The number of hydrogen-bond acceptors (Lipinski definition) is 11. The van der Waals surface area contributed by atoms with Gasteiger partial charge in [-0.1, -0.05) is 18.2 Å². The van der Waals surface area contributed by atoms with Crippen molar-refractivity contribution in [1.82, 2.24) is 14.7 Å². The van der Waals surface area contributed by atoms with Crippen LogP contribution in [0.25, 0.3) is 0 Å². The molecule has 0 aliphatic carbocycles. The van der Waals surface area contributed by atoms with Gasteiger partial charge >= 0.3 is 5.97 Å². The molecule has 1 saturated heterocycles. The second-order valence-corrected chi connectivity index (χ2v) is 13.1. The number of carbonyl (C=O) groups excluding carboxylic acids is 3. The molecular weight excluding hydrogens is 616 g/mol. The molecule has 3 aromatic carbocycles. The van der Waals surface area contributed by atoms with Gasteiger partial charge in [-0.2, -0.15) is 5.26 Å². The van der Waals surface area contributed by atoms with Crippen molar-refractivity contribution < 1.29 is 38.4 Å². The maximum absolute atomic E-state index is 13.8. The Morgan fingerprint density at radius 2 is 1.73 bits per heavy atom. The number of fused-ring (bicyclic) bond motifs is 10. The van der Waals surface area contributed by atoms with Crippen molar-refractivity contribution in [2.24, 2.45) is 0 Å². The van der Waals surface area contributed by atoms with E-state index < -0.39 is 42.0 Å². The molecule has 8 rings (SSSR count). The van der Waals surface area contributed by atoms with E-state index >= 15 is 0 Å². The molecule has 0 aromatic heterocycles. The van der Waals surface area contributed by atoms with E-state index in [0.29, 0.717) is 69.2 Å². The lowest BCUT2D eigenvalue weighted by atomic mass is 9.71. The Kier molecular flexibility index (Phi) is 6.74. The number of aromatic hydroxyl groups is 1. The van der Waals surface area contributed by atoms with Crippen LogP contribution in [-0.4, -0.2) is 83.2 Å². The van der Waals surface area contributed by atoms with E-state index in [1.165, 1.54) is 18.9 Å². The van der Waals surface area contributed by atoms with E-state index in [-0.39, 0.29) is 25.1 Å². The number of methoxy groups -OCH3 is 1. The van der Waals surface area contributed by atoms with Crippen LogP contribution >= 0.6 is 0 Å². The number of rotatable bonds is 4. The highest BCUT2D eigenvalue weighted by atomic mass is 16.7. The molecule has 1 fully saturated rings. The lowest BCUT2D eigenvalue weighted by molar-refractivity contribution is -0.132. The smallest absolute Gasteiger partial charge is 0.308 e. The van der Waals surface area contributed by atoms with Crippen LogP contribution in [0.5, 0.6) is 28.7 Å². The van der Waals surface area contributed by atoms with E-state index in [1.54, 1.807) is 31.2 Å². The van der Waals surface area contributed by atoms with Gasteiger partial charge in [0.1, 0.15) is 11.8 Å². The van der Waals surface area contributed by atoms with Gasteiger partial charge in [0, 0.05) is 47.8 Å². The molecule has 5 aliphatic rings. The number of hydrogen-bond donors (Lipinski definition) is 1. The van der Waals surface area contributed by atoms with Gasteiger partial charge in [-0.3, -0.25) is 29.1 Å². The van der Waals surface area contributed by atoms with Crippen LogP contribution in [0.15, 0.2) is 30.3 Å². The first-order valence-corrected chi connectivity index (χ1v) is 15.9. The minimum Gasteiger partial charge on any atom is -0.504 e. The maximum atomic E-state index is 13.8. The van der Waals surface area contributed by atoms with Crippen LogP contribution in [0.4, 0.5) is 0 Å². The van der Waals surface area contributed by atoms with E-state index in [4.69, 9.17) is 18.9 Å². The highest BCUT2D eigenvalue weighted by Crippen LogP contribution is 2.58. The zero-order valence-electron chi connectivity index (χ0n) is 27.2. The summed E-state index contributed by atoms with van der Waals surface area (Å²) in [6.07, 6.45) is 0.794. The Morgan fingerprint density at radius 3 is 2.38 bits per heavy atom. The topological polar surface area (TPSA) is 142 Å². The molecule has 5 aliphatic heterocycles. The van der Waals surface area contributed by atoms with Crippen LogP contribution in [0.3, 0.4) is 0 Å². The lowest BCUT2D eigenvalue weighted by Gasteiger charge is -2.60. The van der Waals surface area contributed by atoms with Crippen molar-refractivity contribution in [3.05, 3.63) is 74.8 Å². The van der Waals surface area contributed by atoms with Gasteiger partial charge in [-0.15, -0.1) is 0 Å². The van der Waals surface area contributed by atoms with E-state index in [1.807, 2.05) is 20.0 Å². The molecule has 2 amide bonds. The number of benzene rings is 3. The first-order valence-electron chi connectivity index (χ1n) is 15.9. The number of aryl methyl sites for hydroxylation is 1. The second kappa shape index (κ2) is 10.7. The molecule has 246 valence electrons. The zero-order chi connectivity index (χ0) is 33.8. The van der Waals surface area contributed by atoms with Gasteiger partial charge in [0.05, 0.1) is 36.4 Å². The van der Waals surface area contributed by atoms with Gasteiger partial charge in [0.2, 0.25) is 6.79 Å². The summed E-state index contributed by atoms with van der Waals surface area (Å²) in [5.74, 6) is 0.250. The number of piperazine rings is 1. The molecule has 3 aromatic rings. The lowest BCUT2D eigenvalue weighted by Crippen LogP contribution is -2.68. The quantitative estimate of drug-likeness (QED) is 0.251. The first kappa shape index (κ1) is 30.2. The van der Waals surface area contributed by atoms with Gasteiger partial charge < -0.3 is 24.1 Å². The van der Waals surface area contributed by atoms with Crippen LogP contribution in [0.1, 0.15) is 73.1 Å². The summed E-state index contributed by atoms with van der Waals surface area (Å²) >= 11 is 0. The summed E-state index contributed by atoms with van der Waals surface area (Å²) in [5.41, 5.74) is 4.94. The first-order chi connectivity index (χ1) is 23.1. The van der Waals surface area contributed by atoms with Crippen molar-refractivity contribution in [3.8, 4) is 34.8 Å². The molecule has 1 N–H and O–H groups in total. The summed E-state index contributed by atoms with van der Waals surface area (Å²) in [6, 6.07) is 8.71. The Balaban J connectivity index is 1.38. The number of carbonyl (C=O) groups is 3. The van der Waals surface area contributed by atoms with Crippen LogP contribution < -0.4 is 18.9 Å². The van der Waals surface area contributed by atoms with E-state index in [9.17, 15) is 24.8 Å². The van der Waals surface area contributed by atoms with Gasteiger partial charge in [-0.25, -0.2) is 0 Å². The van der Waals surface area contributed by atoms with Crippen molar-refractivity contribution >= 4 is 17.8 Å². The zero-order valence-corrected chi connectivity index (χ0v) is 27.2. The number of imide groups is 1. The molecule has 3 unspecified atom stereocenters. The summed E-state index contributed by atoms with van der Waals surface area (Å²) in [4.78, 5) is 45.6. The SMILES string of the molecule is COc1c(C)cc2c(c1O)[C@@H]1C3Cc4c(OC(C)=O)c(C)c5c(c4C(CN4C(=O)c6ccccc6C4=O)N3C(C#N)[C@H](C2)N1C)OCO5. The third-order valence-electron chi connectivity index (χ3n) is 10.7. The van der Waals surface area contributed by atoms with Crippen LogP contribution in [0, 0.1) is 25.2 Å². The second-order valence-electron chi connectivity index (χ2n) is 13.1. The predicted molar refractivity (Wildman–Crippen MR) is 169 cm³/mol. The Bertz CT molecular complexity index is 1970. The molecule has 5 heterocycles. The largest absolute Gasteiger partial charge is 0.504 e. The molecule has 2 bridgehead atoms. The summed E-state index contributed by atoms with van der Waals surface area (Å²) < 4.78 is 23.6. The summed E-state index contributed by atoms with van der Waals surface area (Å²) in [7, 11) is 3.48. The molecular formula is C36H34N4O8. The van der Waals surface area contributed by atoms with E-state index in [2.05, 4.69) is 15.9 Å². The monoisotopic (exact) mass is 650 g/mol. The van der Waals surface area contributed by atoms with Crippen molar-refractivity contribution in [2.45, 2.75) is 63.8 Å². The summed E-state index contributed by atoms with van der Waals surface area (Å²) in [5, 5.41) is 22.6. The fourth-order valence-electron chi connectivity index (χ4n) is 8.87. The van der Waals surface area contributed by atoms with Gasteiger partial charge in [-0.05, 0) is 57.0 Å². The van der Waals surface area contributed by atoms with Crippen molar-refractivity contribution in [1.29, 1.82) is 5.26 Å². The maximum Gasteiger partial charge on any atom is 0.308 e. The molecule has 0 saturated carbocycles. The number of amides is 2. The van der Waals surface area contributed by atoms with Crippen molar-refractivity contribution in [3.63, 3.8) is 0 Å². The molecule has 0 radical (unpaired) electrons. The molecule has 12 heteroatoms. The molecule has 12 nitrogen and oxygen atoms in total. The average molecular weight is 651 g/mol. The number of nitrogens with zero attached hydrogens (tertiary/aromatic N) is 4. The number of ether oxygens (including phenoxy) is 4. The van der Waals surface area contributed by atoms with Gasteiger partial charge in [0.15, 0.2) is 23.0 Å². The third kappa shape index (κ3) is 3.98. The van der Waals surface area contributed by atoms with Crippen molar-refractivity contribution in [2.75, 3.05) is 27.5 Å². The fourth-order valence-corrected chi connectivity index (χ4v) is 8.87. The number of likely N-dealkylation sites (N-methyl/N-ethyl adjacent to an activating group) is 1. The van der Waals surface area contributed by atoms with Crippen LogP contribution in [0.2, 0.25) is 0 Å². The van der Waals surface area contributed by atoms with Crippen LogP contribution in [-0.2, 0) is 17.6 Å². The Morgan fingerprint density at radius 1 is 1.04 bits per heavy atom. The predicted octanol–water partition coefficient (Wildman–Crippen LogP) is 3.74. The summed E-state index contributed by atoms with van der Waals surface area (Å²) in [6.45, 7) is 4.86. The third-order valence-corrected chi connectivity index (χ3v) is 10.7. The number of phenols is 1. The Hall–Kier alpha value is -5.12. The normalized spacial score (nSPS) is 25.2. The van der Waals surface area contributed by atoms with E-state index in [0.717, 1.165) is 11.1 Å². The van der Waals surface area contributed by atoms with Gasteiger partial charge in [0.25, 0.3) is 11.8 Å². The molecule has 48 heavy (non-hydrogen) atoms. The molecule has 0 spiro atoms. The highest BCUT2D eigenvalue weighted by Gasteiger charge is 2.57. The highest BCUT2D eigenvalue weighted by molar-refractivity contribution is 6.21. The minimum atomic E-state index is -0.745. The number of nitriles is 1. The average Bonchev–Trinajstić information content (AvgIpc) is 3.64.